The quantitative estimate of drug-likeness (QED) is 0.675. The van der Waals surface area contributed by atoms with Crippen LogP contribution in [0.4, 0.5) is 5.69 Å². The summed E-state index contributed by atoms with van der Waals surface area (Å²) in [6.07, 6.45) is -0.662. The van der Waals surface area contributed by atoms with Gasteiger partial charge in [-0.2, -0.15) is 0 Å². The molecule has 3 aromatic rings. The number of benzene rings is 3. The Hall–Kier alpha value is -2.78. The number of methoxy groups -OCH3 is 1. The van der Waals surface area contributed by atoms with Crippen molar-refractivity contribution in [3.8, 4) is 5.75 Å². The Labute approximate surface area is 148 Å². The van der Waals surface area contributed by atoms with E-state index in [1.165, 1.54) is 5.56 Å². The van der Waals surface area contributed by atoms with E-state index in [-0.39, 0.29) is 6.04 Å². The number of aryl methyl sites for hydroxylation is 1. The number of anilines is 1. The van der Waals surface area contributed by atoms with Gasteiger partial charge in [0.2, 0.25) is 0 Å². The standard InChI is InChI=1S/C22H23NO2/c1-16-8-10-18(11-9-16)22(24)21(17-6-4-3-5-7-17)23-19-12-14-20(25-2)15-13-19/h3-15,21-24H,1-2H3. The van der Waals surface area contributed by atoms with E-state index in [1.54, 1.807) is 7.11 Å². The molecular formula is C22H23NO2. The molecule has 0 amide bonds. The molecule has 0 saturated carbocycles. The summed E-state index contributed by atoms with van der Waals surface area (Å²) >= 11 is 0. The zero-order valence-corrected chi connectivity index (χ0v) is 14.5. The van der Waals surface area contributed by atoms with Gasteiger partial charge in [-0.05, 0) is 42.3 Å². The molecule has 2 unspecified atom stereocenters. The van der Waals surface area contributed by atoms with Gasteiger partial charge < -0.3 is 15.2 Å². The first-order valence-corrected chi connectivity index (χ1v) is 8.37. The smallest absolute Gasteiger partial charge is 0.119 e. The molecule has 25 heavy (non-hydrogen) atoms. The van der Waals surface area contributed by atoms with Gasteiger partial charge >= 0.3 is 0 Å². The maximum atomic E-state index is 11.0. The maximum absolute atomic E-state index is 11.0. The number of nitrogens with one attached hydrogen (secondary N) is 1. The van der Waals surface area contributed by atoms with Crippen LogP contribution < -0.4 is 10.1 Å². The first-order chi connectivity index (χ1) is 12.2. The number of aliphatic hydroxyl groups is 1. The predicted octanol–water partition coefficient (Wildman–Crippen LogP) is 4.89. The van der Waals surface area contributed by atoms with E-state index >= 15 is 0 Å². The first kappa shape index (κ1) is 17.1. The predicted molar refractivity (Wildman–Crippen MR) is 102 cm³/mol. The highest BCUT2D eigenvalue weighted by atomic mass is 16.5. The third kappa shape index (κ3) is 4.20. The molecule has 128 valence electrons. The second kappa shape index (κ2) is 7.86. The Kier molecular flexibility index (Phi) is 5.36. The van der Waals surface area contributed by atoms with Crippen LogP contribution in [0.5, 0.6) is 5.75 Å². The minimum Gasteiger partial charge on any atom is -0.497 e. The fraction of sp³-hybridized carbons (Fsp3) is 0.182. The second-order valence-electron chi connectivity index (χ2n) is 6.12. The minimum atomic E-state index is -0.662. The van der Waals surface area contributed by atoms with Crippen LogP contribution >= 0.6 is 0 Å². The van der Waals surface area contributed by atoms with Crippen molar-refractivity contribution in [2.75, 3.05) is 12.4 Å². The molecule has 2 N–H and O–H groups in total. The lowest BCUT2D eigenvalue weighted by atomic mass is 9.95. The molecule has 3 rings (SSSR count). The topological polar surface area (TPSA) is 41.5 Å². The molecule has 3 nitrogen and oxygen atoms in total. The summed E-state index contributed by atoms with van der Waals surface area (Å²) in [5.74, 6) is 0.806. The van der Waals surface area contributed by atoms with Crippen LogP contribution in [0.1, 0.15) is 28.8 Å². The van der Waals surface area contributed by atoms with Crippen LogP contribution in [0, 0.1) is 6.92 Å². The van der Waals surface area contributed by atoms with Gasteiger partial charge in [-0.3, -0.25) is 0 Å². The van der Waals surface area contributed by atoms with E-state index in [0.29, 0.717) is 0 Å². The molecule has 0 fully saturated rings. The van der Waals surface area contributed by atoms with Gasteiger partial charge in [-0.25, -0.2) is 0 Å². The summed E-state index contributed by atoms with van der Waals surface area (Å²) in [5, 5.41) is 14.5. The fourth-order valence-corrected chi connectivity index (χ4v) is 2.83. The summed E-state index contributed by atoms with van der Waals surface area (Å²) in [7, 11) is 1.65. The molecule has 0 bridgehead atoms. The molecule has 0 spiro atoms. The van der Waals surface area contributed by atoms with Crippen LogP contribution in [0.15, 0.2) is 78.9 Å². The number of ether oxygens (including phenoxy) is 1. The second-order valence-corrected chi connectivity index (χ2v) is 6.12. The van der Waals surface area contributed by atoms with Crippen molar-refractivity contribution in [1.29, 1.82) is 0 Å². The molecule has 0 radical (unpaired) electrons. The highest BCUT2D eigenvalue weighted by molar-refractivity contribution is 5.49. The van der Waals surface area contributed by atoms with E-state index in [0.717, 1.165) is 22.6 Å². The summed E-state index contributed by atoms with van der Waals surface area (Å²) in [6.45, 7) is 2.04. The van der Waals surface area contributed by atoms with Crippen molar-refractivity contribution >= 4 is 5.69 Å². The Bertz CT molecular complexity index is 783. The minimum absolute atomic E-state index is 0.252. The van der Waals surface area contributed by atoms with Crippen molar-refractivity contribution in [3.05, 3.63) is 95.6 Å². The largest absolute Gasteiger partial charge is 0.497 e. The zero-order valence-electron chi connectivity index (χ0n) is 14.5. The molecule has 0 aliphatic rings. The SMILES string of the molecule is COc1ccc(NC(c2ccccc2)C(O)c2ccc(C)cc2)cc1. The third-order valence-electron chi connectivity index (χ3n) is 4.31. The van der Waals surface area contributed by atoms with Crippen molar-refractivity contribution in [2.45, 2.75) is 19.1 Å². The van der Waals surface area contributed by atoms with Crippen LogP contribution in [0.3, 0.4) is 0 Å². The van der Waals surface area contributed by atoms with Gasteiger partial charge in [-0.15, -0.1) is 0 Å². The first-order valence-electron chi connectivity index (χ1n) is 8.37. The number of aliphatic hydroxyl groups excluding tert-OH is 1. The molecule has 0 saturated heterocycles. The van der Waals surface area contributed by atoms with E-state index < -0.39 is 6.10 Å². The number of hydrogen-bond donors (Lipinski definition) is 2. The molecule has 3 aromatic carbocycles. The van der Waals surface area contributed by atoms with Crippen LogP contribution in [-0.2, 0) is 0 Å². The van der Waals surface area contributed by atoms with E-state index in [2.05, 4.69) is 5.32 Å². The van der Waals surface area contributed by atoms with Crippen molar-refractivity contribution < 1.29 is 9.84 Å². The third-order valence-corrected chi connectivity index (χ3v) is 4.31. The number of rotatable bonds is 6. The molecule has 0 aromatic heterocycles. The van der Waals surface area contributed by atoms with Gasteiger partial charge in [0.25, 0.3) is 0 Å². The van der Waals surface area contributed by atoms with Crippen molar-refractivity contribution in [3.63, 3.8) is 0 Å². The van der Waals surface area contributed by atoms with Gasteiger partial charge in [0.1, 0.15) is 11.9 Å². The van der Waals surface area contributed by atoms with Gasteiger partial charge in [0, 0.05) is 5.69 Å². The van der Waals surface area contributed by atoms with Crippen LogP contribution in [0.2, 0.25) is 0 Å². The molecular weight excluding hydrogens is 310 g/mol. The highest BCUT2D eigenvalue weighted by Crippen LogP contribution is 2.32. The summed E-state index contributed by atoms with van der Waals surface area (Å²) in [6, 6.07) is 25.5. The average Bonchev–Trinajstić information content (AvgIpc) is 2.67. The van der Waals surface area contributed by atoms with Crippen molar-refractivity contribution in [1.82, 2.24) is 0 Å². The lowest BCUT2D eigenvalue weighted by Crippen LogP contribution is -2.19. The van der Waals surface area contributed by atoms with E-state index in [1.807, 2.05) is 85.8 Å². The molecule has 2 atom stereocenters. The fourth-order valence-electron chi connectivity index (χ4n) is 2.83. The van der Waals surface area contributed by atoms with Crippen molar-refractivity contribution in [2.24, 2.45) is 0 Å². The Morgan fingerprint density at radius 2 is 1.44 bits per heavy atom. The number of hydrogen-bond acceptors (Lipinski definition) is 3. The van der Waals surface area contributed by atoms with Crippen LogP contribution in [-0.4, -0.2) is 12.2 Å². The lowest BCUT2D eigenvalue weighted by molar-refractivity contribution is 0.155. The monoisotopic (exact) mass is 333 g/mol. The average molecular weight is 333 g/mol. The Morgan fingerprint density at radius 3 is 2.04 bits per heavy atom. The van der Waals surface area contributed by atoms with Gasteiger partial charge in [0.15, 0.2) is 0 Å². The molecule has 0 aliphatic heterocycles. The van der Waals surface area contributed by atoms with Crippen LogP contribution in [0.25, 0.3) is 0 Å². The molecule has 0 heterocycles. The zero-order chi connectivity index (χ0) is 17.6. The summed E-state index contributed by atoms with van der Waals surface area (Å²) < 4.78 is 5.21. The maximum Gasteiger partial charge on any atom is 0.119 e. The van der Waals surface area contributed by atoms with E-state index in [4.69, 9.17) is 4.74 Å². The molecule has 3 heteroatoms. The lowest BCUT2D eigenvalue weighted by Gasteiger charge is -2.26. The normalized spacial score (nSPS) is 13.1. The Balaban J connectivity index is 1.90. The highest BCUT2D eigenvalue weighted by Gasteiger charge is 2.22. The van der Waals surface area contributed by atoms with Gasteiger partial charge in [0.05, 0.1) is 13.2 Å². The Morgan fingerprint density at radius 1 is 0.800 bits per heavy atom. The summed E-state index contributed by atoms with van der Waals surface area (Å²) in [5.41, 5.74) is 4.03. The summed E-state index contributed by atoms with van der Waals surface area (Å²) in [4.78, 5) is 0. The molecule has 0 aliphatic carbocycles. The van der Waals surface area contributed by atoms with E-state index in [9.17, 15) is 5.11 Å². The van der Waals surface area contributed by atoms with Gasteiger partial charge in [-0.1, -0.05) is 60.2 Å².